The number of carbonyl (C=O) groups excluding carboxylic acids is 2. The topological polar surface area (TPSA) is 97.5 Å². The van der Waals surface area contributed by atoms with Gasteiger partial charge in [0.05, 0.1) is 10.9 Å². The van der Waals surface area contributed by atoms with Crippen LogP contribution in [0.5, 0.6) is 0 Å². The molecule has 0 bridgehead atoms. The summed E-state index contributed by atoms with van der Waals surface area (Å²) in [6, 6.07) is 9.08. The molecule has 3 aromatic rings. The molecule has 1 aromatic carbocycles. The lowest BCUT2D eigenvalue weighted by molar-refractivity contribution is 0.0535. The second kappa shape index (κ2) is 8.41. The van der Waals surface area contributed by atoms with E-state index in [2.05, 4.69) is 11.9 Å². The summed E-state index contributed by atoms with van der Waals surface area (Å²) >= 11 is 0. The molecular weight excluding hydrogens is 410 g/mol. The molecule has 9 heteroatoms. The van der Waals surface area contributed by atoms with Crippen molar-refractivity contribution in [2.75, 3.05) is 26.2 Å². The van der Waals surface area contributed by atoms with Crippen molar-refractivity contribution in [2.45, 2.75) is 13.3 Å². The summed E-state index contributed by atoms with van der Waals surface area (Å²) in [5.74, 6) is -0.300. The van der Waals surface area contributed by atoms with Crippen LogP contribution in [0, 0.1) is 0 Å². The Labute approximate surface area is 184 Å². The number of aryl methyl sites for hydroxylation is 2. The van der Waals surface area contributed by atoms with Crippen molar-refractivity contribution in [3.8, 4) is 0 Å². The fourth-order valence-electron chi connectivity index (χ4n) is 3.94. The van der Waals surface area contributed by atoms with Crippen molar-refractivity contribution in [3.05, 3.63) is 74.1 Å². The lowest BCUT2D eigenvalue weighted by Gasteiger charge is -2.34. The van der Waals surface area contributed by atoms with Gasteiger partial charge in [-0.25, -0.2) is 9.78 Å². The van der Waals surface area contributed by atoms with Crippen LogP contribution in [0.25, 0.3) is 11.0 Å². The first-order valence-electron chi connectivity index (χ1n) is 10.5. The second-order valence-corrected chi connectivity index (χ2v) is 7.94. The molecule has 4 rings (SSSR count). The zero-order chi connectivity index (χ0) is 23.0. The number of hydrogen-bond donors (Lipinski definition) is 0. The highest BCUT2D eigenvalue weighted by molar-refractivity contribution is 5.97. The predicted octanol–water partition coefficient (Wildman–Crippen LogP) is 0.793. The Balaban J connectivity index is 1.49. The molecule has 0 N–H and O–H groups in total. The Morgan fingerprint density at radius 2 is 1.44 bits per heavy atom. The average Bonchev–Trinajstić information content (AvgIpc) is 2.85. The summed E-state index contributed by atoms with van der Waals surface area (Å²) in [5, 5.41) is 0.213. The van der Waals surface area contributed by atoms with Crippen LogP contribution in [0.4, 0.5) is 0 Å². The van der Waals surface area contributed by atoms with E-state index in [-0.39, 0.29) is 28.4 Å². The number of amides is 2. The fraction of sp³-hybridized carbons (Fsp3) is 0.348. The molecule has 32 heavy (non-hydrogen) atoms. The number of carbonyl (C=O) groups is 2. The Kier molecular flexibility index (Phi) is 5.65. The third kappa shape index (κ3) is 3.70. The van der Waals surface area contributed by atoms with Crippen LogP contribution in [0.2, 0.25) is 0 Å². The largest absolute Gasteiger partial charge is 0.335 e. The minimum Gasteiger partial charge on any atom is -0.335 e. The first kappa shape index (κ1) is 21.5. The minimum absolute atomic E-state index is 0.0449. The summed E-state index contributed by atoms with van der Waals surface area (Å²) in [4.78, 5) is 57.9. The van der Waals surface area contributed by atoms with Gasteiger partial charge in [-0.2, -0.15) is 0 Å². The first-order chi connectivity index (χ1) is 15.3. The number of rotatable bonds is 3. The van der Waals surface area contributed by atoms with E-state index in [4.69, 9.17) is 0 Å². The van der Waals surface area contributed by atoms with E-state index in [1.807, 2.05) is 24.3 Å². The van der Waals surface area contributed by atoms with E-state index in [0.29, 0.717) is 31.7 Å². The highest BCUT2D eigenvalue weighted by Crippen LogP contribution is 2.14. The second-order valence-electron chi connectivity index (χ2n) is 7.94. The number of hydrogen-bond acceptors (Lipinski definition) is 5. The van der Waals surface area contributed by atoms with Crippen molar-refractivity contribution >= 4 is 22.8 Å². The van der Waals surface area contributed by atoms with Crippen LogP contribution >= 0.6 is 0 Å². The zero-order valence-electron chi connectivity index (χ0n) is 18.4. The van der Waals surface area contributed by atoms with Crippen LogP contribution in [0.3, 0.4) is 0 Å². The molecular formula is C23H25N5O4. The molecule has 166 valence electrons. The van der Waals surface area contributed by atoms with Gasteiger partial charge in [-0.3, -0.25) is 23.5 Å². The molecule has 9 nitrogen and oxygen atoms in total. The van der Waals surface area contributed by atoms with Crippen LogP contribution in [-0.4, -0.2) is 61.9 Å². The van der Waals surface area contributed by atoms with Crippen molar-refractivity contribution in [2.24, 2.45) is 14.1 Å². The zero-order valence-corrected chi connectivity index (χ0v) is 18.4. The standard InChI is InChI=1S/C23H25N5O4/c1-4-15-5-7-16(8-6-15)20(29)27-9-11-28(12-10-27)21(30)17-13-18-19(24-14-17)25(2)23(32)26(3)22(18)31/h5-8,13-14H,4,9-12H2,1-3H3. The Morgan fingerprint density at radius 3 is 2.00 bits per heavy atom. The van der Waals surface area contributed by atoms with Gasteiger partial charge in [0.1, 0.15) is 5.65 Å². The van der Waals surface area contributed by atoms with Gasteiger partial charge in [-0.05, 0) is 30.2 Å². The lowest BCUT2D eigenvalue weighted by atomic mass is 10.1. The summed E-state index contributed by atoms with van der Waals surface area (Å²) in [6.07, 6.45) is 2.30. The number of fused-ring (bicyclic) bond motifs is 1. The maximum absolute atomic E-state index is 13.0. The van der Waals surface area contributed by atoms with Gasteiger partial charge in [-0.1, -0.05) is 19.1 Å². The van der Waals surface area contributed by atoms with E-state index >= 15 is 0 Å². The monoisotopic (exact) mass is 435 g/mol. The van der Waals surface area contributed by atoms with E-state index in [0.717, 1.165) is 11.0 Å². The van der Waals surface area contributed by atoms with Crippen LogP contribution in [0.15, 0.2) is 46.1 Å². The quantitative estimate of drug-likeness (QED) is 0.606. The van der Waals surface area contributed by atoms with Crippen molar-refractivity contribution in [1.82, 2.24) is 23.9 Å². The van der Waals surface area contributed by atoms with Gasteiger partial charge < -0.3 is 9.80 Å². The van der Waals surface area contributed by atoms with Gasteiger partial charge in [0, 0.05) is 52.0 Å². The normalized spacial score (nSPS) is 14.1. The van der Waals surface area contributed by atoms with Gasteiger partial charge >= 0.3 is 5.69 Å². The Morgan fingerprint density at radius 1 is 0.875 bits per heavy atom. The Bertz CT molecular complexity index is 1320. The van der Waals surface area contributed by atoms with E-state index in [1.165, 1.54) is 36.5 Å². The number of nitrogens with zero attached hydrogens (tertiary/aromatic N) is 5. The molecule has 3 heterocycles. The molecule has 0 atom stereocenters. The summed E-state index contributed by atoms with van der Waals surface area (Å²) < 4.78 is 2.28. The van der Waals surface area contributed by atoms with E-state index in [9.17, 15) is 19.2 Å². The summed E-state index contributed by atoms with van der Waals surface area (Å²) in [7, 11) is 2.93. The smallest absolute Gasteiger partial charge is 0.332 e. The van der Waals surface area contributed by atoms with E-state index < -0.39 is 11.2 Å². The number of benzene rings is 1. The molecule has 1 fully saturated rings. The molecule has 1 aliphatic rings. The molecule has 0 spiro atoms. The average molecular weight is 435 g/mol. The highest BCUT2D eigenvalue weighted by Gasteiger charge is 2.26. The third-order valence-electron chi connectivity index (χ3n) is 6.00. The first-order valence-corrected chi connectivity index (χ1v) is 10.5. The SMILES string of the molecule is CCc1ccc(C(=O)N2CCN(C(=O)c3cnc4c(c3)c(=O)n(C)c(=O)n4C)CC2)cc1. The van der Waals surface area contributed by atoms with Crippen LogP contribution in [-0.2, 0) is 20.5 Å². The number of piperazine rings is 1. The number of aromatic nitrogens is 3. The van der Waals surface area contributed by atoms with Gasteiger partial charge in [0.15, 0.2) is 0 Å². The maximum Gasteiger partial charge on any atom is 0.332 e. The molecule has 0 aliphatic carbocycles. The van der Waals surface area contributed by atoms with Crippen molar-refractivity contribution < 1.29 is 9.59 Å². The van der Waals surface area contributed by atoms with E-state index in [1.54, 1.807) is 9.80 Å². The summed E-state index contributed by atoms with van der Waals surface area (Å²) in [6.45, 7) is 3.70. The lowest BCUT2D eigenvalue weighted by Crippen LogP contribution is -2.50. The molecule has 2 aromatic heterocycles. The van der Waals surface area contributed by atoms with Gasteiger partial charge in [-0.15, -0.1) is 0 Å². The third-order valence-corrected chi connectivity index (χ3v) is 6.00. The van der Waals surface area contributed by atoms with Crippen molar-refractivity contribution in [3.63, 3.8) is 0 Å². The van der Waals surface area contributed by atoms with Crippen LogP contribution in [0.1, 0.15) is 33.2 Å². The molecule has 0 saturated carbocycles. The predicted molar refractivity (Wildman–Crippen MR) is 120 cm³/mol. The molecule has 2 amide bonds. The molecule has 0 unspecified atom stereocenters. The maximum atomic E-state index is 13.0. The minimum atomic E-state index is -0.491. The van der Waals surface area contributed by atoms with Crippen LogP contribution < -0.4 is 11.2 Å². The molecule has 1 aliphatic heterocycles. The van der Waals surface area contributed by atoms with Gasteiger partial charge in [0.2, 0.25) is 0 Å². The van der Waals surface area contributed by atoms with Gasteiger partial charge in [0.25, 0.3) is 17.4 Å². The molecule has 1 saturated heterocycles. The number of pyridine rings is 1. The Hall–Kier alpha value is -3.75. The fourth-order valence-corrected chi connectivity index (χ4v) is 3.94. The van der Waals surface area contributed by atoms with Crippen molar-refractivity contribution in [1.29, 1.82) is 0 Å². The highest BCUT2D eigenvalue weighted by atomic mass is 16.2. The summed E-state index contributed by atoms with van der Waals surface area (Å²) in [5.41, 5.74) is 1.37. The molecule has 0 radical (unpaired) electrons.